The van der Waals surface area contributed by atoms with Gasteiger partial charge in [0.15, 0.2) is 11.6 Å². The lowest BCUT2D eigenvalue weighted by Gasteiger charge is -2.37. The van der Waals surface area contributed by atoms with Gasteiger partial charge in [0.2, 0.25) is 0 Å². The van der Waals surface area contributed by atoms with E-state index in [1.807, 2.05) is 0 Å². The van der Waals surface area contributed by atoms with E-state index in [0.29, 0.717) is 0 Å². The van der Waals surface area contributed by atoms with Crippen LogP contribution in [0, 0.1) is 11.6 Å². The number of aliphatic carboxylic acids is 1. The Bertz CT molecular complexity index is 532. The first-order valence-corrected chi connectivity index (χ1v) is 6.29. The van der Waals surface area contributed by atoms with Gasteiger partial charge in [0.25, 0.3) is 0 Å². The summed E-state index contributed by atoms with van der Waals surface area (Å²) in [5.41, 5.74) is -1.67. The molecular formula is C14H16F2O4. The van der Waals surface area contributed by atoms with Gasteiger partial charge in [0.1, 0.15) is 11.2 Å². The Morgan fingerprint density at radius 3 is 2.75 bits per heavy atom. The van der Waals surface area contributed by atoms with Gasteiger partial charge in [-0.2, -0.15) is 0 Å². The maximum atomic E-state index is 14.4. The molecule has 110 valence electrons. The van der Waals surface area contributed by atoms with Crippen LogP contribution in [0.25, 0.3) is 0 Å². The molecule has 2 rings (SSSR count). The molecular weight excluding hydrogens is 270 g/mol. The Morgan fingerprint density at radius 2 is 2.20 bits per heavy atom. The summed E-state index contributed by atoms with van der Waals surface area (Å²) >= 11 is 0. The molecule has 2 atom stereocenters. The van der Waals surface area contributed by atoms with Gasteiger partial charge in [-0.3, -0.25) is 4.79 Å². The molecule has 1 saturated heterocycles. The topological polar surface area (TPSA) is 55.8 Å². The van der Waals surface area contributed by atoms with E-state index in [0.717, 1.165) is 12.1 Å². The molecule has 6 heteroatoms. The quantitative estimate of drug-likeness (QED) is 0.927. The van der Waals surface area contributed by atoms with Crippen LogP contribution in [0.15, 0.2) is 12.1 Å². The van der Waals surface area contributed by atoms with E-state index in [-0.39, 0.29) is 36.9 Å². The van der Waals surface area contributed by atoms with Crippen molar-refractivity contribution in [1.29, 1.82) is 0 Å². The van der Waals surface area contributed by atoms with Crippen molar-refractivity contribution in [3.8, 4) is 5.75 Å². The highest BCUT2D eigenvalue weighted by molar-refractivity contribution is 5.82. The first-order chi connectivity index (χ1) is 9.40. The van der Waals surface area contributed by atoms with Crippen LogP contribution >= 0.6 is 0 Å². The minimum Gasteiger partial charge on any atom is -0.494 e. The van der Waals surface area contributed by atoms with Gasteiger partial charge in [-0.05, 0) is 25.8 Å². The third kappa shape index (κ3) is 2.35. The molecule has 2 unspecified atom stereocenters. The fraction of sp³-hybridized carbons (Fsp3) is 0.500. The molecule has 4 nitrogen and oxygen atoms in total. The third-order valence-electron chi connectivity index (χ3n) is 3.72. The Balaban J connectivity index is 2.61. The largest absolute Gasteiger partial charge is 0.494 e. The van der Waals surface area contributed by atoms with Crippen molar-refractivity contribution in [1.82, 2.24) is 0 Å². The number of methoxy groups -OCH3 is 1. The number of carbonyl (C=O) groups is 1. The van der Waals surface area contributed by atoms with Gasteiger partial charge >= 0.3 is 5.97 Å². The van der Waals surface area contributed by atoms with E-state index >= 15 is 0 Å². The van der Waals surface area contributed by atoms with Crippen LogP contribution in [0.3, 0.4) is 0 Å². The van der Waals surface area contributed by atoms with Crippen molar-refractivity contribution in [2.45, 2.75) is 31.3 Å². The number of hydrogen-bond acceptors (Lipinski definition) is 3. The molecule has 1 heterocycles. The smallest absolute Gasteiger partial charge is 0.314 e. The maximum absolute atomic E-state index is 14.4. The van der Waals surface area contributed by atoms with Gasteiger partial charge in [-0.15, -0.1) is 0 Å². The van der Waals surface area contributed by atoms with Gasteiger partial charge in [-0.1, -0.05) is 0 Å². The number of halogens is 2. The molecule has 20 heavy (non-hydrogen) atoms. The minimum absolute atomic E-state index is 0.0891. The predicted octanol–water partition coefficient (Wildman–Crippen LogP) is 2.49. The van der Waals surface area contributed by atoms with E-state index in [4.69, 9.17) is 9.47 Å². The molecule has 0 spiro atoms. The Labute approximate surface area is 115 Å². The van der Waals surface area contributed by atoms with Gasteiger partial charge in [0, 0.05) is 18.2 Å². The van der Waals surface area contributed by atoms with Crippen molar-refractivity contribution in [3.63, 3.8) is 0 Å². The van der Waals surface area contributed by atoms with E-state index < -0.39 is 23.0 Å². The summed E-state index contributed by atoms with van der Waals surface area (Å²) in [7, 11) is 1.21. The summed E-state index contributed by atoms with van der Waals surface area (Å²) < 4.78 is 38.1. The second kappa shape index (κ2) is 5.36. The highest BCUT2D eigenvalue weighted by Gasteiger charge is 2.46. The van der Waals surface area contributed by atoms with Gasteiger partial charge < -0.3 is 14.6 Å². The summed E-state index contributed by atoms with van der Waals surface area (Å²) in [5, 5.41) is 9.55. The molecule has 1 fully saturated rings. The molecule has 0 radical (unpaired) electrons. The average molecular weight is 286 g/mol. The van der Waals surface area contributed by atoms with E-state index in [9.17, 15) is 18.7 Å². The van der Waals surface area contributed by atoms with Crippen LogP contribution in [-0.4, -0.2) is 30.9 Å². The number of benzene rings is 1. The van der Waals surface area contributed by atoms with Crippen LogP contribution in [0.1, 0.15) is 25.3 Å². The van der Waals surface area contributed by atoms with E-state index in [2.05, 4.69) is 0 Å². The van der Waals surface area contributed by atoms with Crippen LogP contribution < -0.4 is 4.74 Å². The summed E-state index contributed by atoms with van der Waals surface area (Å²) in [4.78, 5) is 11.7. The number of carboxylic acids is 1. The molecule has 0 saturated carbocycles. The number of hydrogen-bond donors (Lipinski definition) is 1. The zero-order valence-corrected chi connectivity index (χ0v) is 11.3. The Kier molecular flexibility index (Phi) is 3.94. The number of ether oxygens (including phenoxy) is 2. The average Bonchev–Trinajstić information content (AvgIpc) is 2.40. The molecule has 0 aromatic heterocycles. The highest BCUT2D eigenvalue weighted by Crippen LogP contribution is 2.41. The van der Waals surface area contributed by atoms with Crippen LogP contribution in [0.5, 0.6) is 5.75 Å². The van der Waals surface area contributed by atoms with Crippen LogP contribution in [-0.2, 0) is 14.9 Å². The Hall–Kier alpha value is -1.69. The maximum Gasteiger partial charge on any atom is 0.314 e. The minimum atomic E-state index is -1.49. The summed E-state index contributed by atoms with van der Waals surface area (Å²) in [6, 6.07) is 1.83. The zero-order chi connectivity index (χ0) is 14.9. The van der Waals surface area contributed by atoms with E-state index in [1.165, 1.54) is 7.11 Å². The summed E-state index contributed by atoms with van der Waals surface area (Å²) in [6.45, 7) is 1.90. The normalized spacial score (nSPS) is 26.3. The molecule has 1 aromatic carbocycles. The molecule has 0 bridgehead atoms. The summed E-state index contributed by atoms with van der Waals surface area (Å²) in [6.07, 6.45) is -0.157. The standard InChI is InChI=1S/C14H16F2O4/c1-8-7-14(13(17)18,3-4-20-8)10-5-9(15)6-11(19-2)12(10)16/h5-6,8H,3-4,7H2,1-2H3,(H,17,18). The fourth-order valence-corrected chi connectivity index (χ4v) is 2.70. The van der Waals surface area contributed by atoms with Crippen LogP contribution in [0.2, 0.25) is 0 Å². The van der Waals surface area contributed by atoms with Crippen molar-refractivity contribution in [2.75, 3.05) is 13.7 Å². The van der Waals surface area contributed by atoms with Crippen molar-refractivity contribution in [2.24, 2.45) is 0 Å². The lowest BCUT2D eigenvalue weighted by molar-refractivity contribution is -0.150. The highest BCUT2D eigenvalue weighted by atomic mass is 19.1. The van der Waals surface area contributed by atoms with E-state index in [1.54, 1.807) is 6.92 Å². The second-order valence-electron chi connectivity index (χ2n) is 4.99. The lowest BCUT2D eigenvalue weighted by atomic mass is 9.72. The monoisotopic (exact) mass is 286 g/mol. The van der Waals surface area contributed by atoms with Crippen molar-refractivity contribution in [3.05, 3.63) is 29.3 Å². The SMILES string of the molecule is COc1cc(F)cc(C2(C(=O)O)CCOC(C)C2)c1F. The van der Waals surface area contributed by atoms with Crippen LogP contribution in [0.4, 0.5) is 8.78 Å². The first-order valence-electron chi connectivity index (χ1n) is 6.29. The molecule has 1 aliphatic rings. The number of carboxylic acid groups (broad SMARTS) is 1. The number of rotatable bonds is 3. The zero-order valence-electron chi connectivity index (χ0n) is 11.3. The third-order valence-corrected chi connectivity index (χ3v) is 3.72. The fourth-order valence-electron chi connectivity index (χ4n) is 2.70. The molecule has 0 aliphatic carbocycles. The lowest BCUT2D eigenvalue weighted by Crippen LogP contribution is -2.44. The predicted molar refractivity (Wildman–Crippen MR) is 66.9 cm³/mol. The first kappa shape index (κ1) is 14.7. The molecule has 1 N–H and O–H groups in total. The molecule has 1 aromatic rings. The summed E-state index contributed by atoms with van der Waals surface area (Å²) in [5.74, 6) is -3.03. The molecule has 0 amide bonds. The van der Waals surface area contributed by atoms with Gasteiger partial charge in [-0.25, -0.2) is 8.78 Å². The Morgan fingerprint density at radius 1 is 1.50 bits per heavy atom. The van der Waals surface area contributed by atoms with Gasteiger partial charge in [0.05, 0.1) is 13.2 Å². The second-order valence-corrected chi connectivity index (χ2v) is 4.99. The van der Waals surface area contributed by atoms with Crippen molar-refractivity contribution < 1.29 is 28.2 Å². The molecule has 1 aliphatic heterocycles. The van der Waals surface area contributed by atoms with Crippen molar-refractivity contribution >= 4 is 5.97 Å².